The minimum absolute atomic E-state index is 0.0222. The molecule has 0 aromatic heterocycles. The van der Waals surface area contributed by atoms with Gasteiger partial charge in [-0.3, -0.25) is 0 Å². The molecule has 0 nitrogen and oxygen atoms in total. The van der Waals surface area contributed by atoms with Crippen molar-refractivity contribution in [2.24, 2.45) is 0 Å². The third-order valence-electron chi connectivity index (χ3n) is 8.06. The fraction of sp³-hybridized carbons (Fsp3) is 0.400. The molecule has 216 valence electrons. The maximum Gasteiger partial charge on any atom is -0.0113 e. The van der Waals surface area contributed by atoms with Gasteiger partial charge in [0.1, 0.15) is 0 Å². The summed E-state index contributed by atoms with van der Waals surface area (Å²) in [5, 5.41) is 4.35. The third kappa shape index (κ3) is 7.04. The van der Waals surface area contributed by atoms with Crippen molar-refractivity contribution in [3.8, 4) is 11.1 Å². The summed E-state index contributed by atoms with van der Waals surface area (Å²) in [5.41, 5.74) is 8.50. The van der Waals surface area contributed by atoms with Gasteiger partial charge in [-0.2, -0.15) is 0 Å². The zero-order chi connectivity index (χ0) is 30.4. The molecule has 0 heterocycles. The van der Waals surface area contributed by atoms with Crippen LogP contribution in [0.25, 0.3) is 11.1 Å². The van der Waals surface area contributed by atoms with Crippen LogP contribution in [0.3, 0.4) is 0 Å². The Balaban J connectivity index is 2.04. The van der Waals surface area contributed by atoms with Crippen LogP contribution in [0.5, 0.6) is 0 Å². The van der Waals surface area contributed by atoms with Crippen LogP contribution < -0.4 is 15.9 Å². The van der Waals surface area contributed by atoms with Gasteiger partial charge in [-0.15, -0.1) is 0 Å². The number of rotatable bonds is 4. The van der Waals surface area contributed by atoms with Crippen LogP contribution in [0.15, 0.2) is 91.0 Å². The number of benzene rings is 4. The Hall–Kier alpha value is -2.69. The molecule has 4 aromatic carbocycles. The van der Waals surface area contributed by atoms with E-state index in [4.69, 9.17) is 0 Å². The maximum atomic E-state index is 2.50. The van der Waals surface area contributed by atoms with Crippen LogP contribution in [0.2, 0.25) is 0 Å². The molecule has 0 radical (unpaired) electrons. The van der Waals surface area contributed by atoms with E-state index in [1.165, 1.54) is 49.3 Å². The Morgan fingerprint density at radius 1 is 0.390 bits per heavy atom. The van der Waals surface area contributed by atoms with Crippen molar-refractivity contribution in [3.63, 3.8) is 0 Å². The highest BCUT2D eigenvalue weighted by atomic mass is 31.1. The zero-order valence-electron chi connectivity index (χ0n) is 27.6. The van der Waals surface area contributed by atoms with Crippen LogP contribution in [0, 0.1) is 0 Å². The molecular weight excluding hydrogens is 511 g/mol. The molecule has 0 saturated heterocycles. The lowest BCUT2D eigenvalue weighted by Crippen LogP contribution is -2.33. The number of hydrogen-bond donors (Lipinski definition) is 0. The average molecular weight is 563 g/mol. The van der Waals surface area contributed by atoms with Gasteiger partial charge in [-0.25, -0.2) is 0 Å². The van der Waals surface area contributed by atoms with Crippen LogP contribution in [0.1, 0.15) is 105 Å². The summed E-state index contributed by atoms with van der Waals surface area (Å²) in [7, 11) is -0.794. The van der Waals surface area contributed by atoms with Crippen molar-refractivity contribution >= 4 is 23.8 Å². The summed E-state index contributed by atoms with van der Waals surface area (Å²) < 4.78 is 0. The van der Waals surface area contributed by atoms with E-state index in [1.54, 1.807) is 0 Å². The standard InChI is InChI=1S/C40H51P/c1-37(2,3)30-20-24-35(33(26-30)39(7,8)9)41(32-22-18-29(19-23-32)28-16-14-13-15-17-28)36-25-21-31(38(4,5)6)27-34(36)40(10,11)12/h13-27H,1-12H3. The molecule has 0 saturated carbocycles. The second-order valence-electron chi connectivity index (χ2n) is 15.7. The largest absolute Gasteiger partial charge is 0.0622 e. The average Bonchev–Trinajstić information content (AvgIpc) is 2.87. The SMILES string of the molecule is CC(C)(C)c1ccc(P(c2ccc(-c3ccccc3)cc2)c2ccc(C(C)(C)C)cc2C(C)(C)C)c(C(C)(C)C)c1. The van der Waals surface area contributed by atoms with Gasteiger partial charge in [-0.1, -0.05) is 174 Å². The van der Waals surface area contributed by atoms with E-state index in [-0.39, 0.29) is 21.7 Å². The Morgan fingerprint density at radius 3 is 1.15 bits per heavy atom. The minimum Gasteiger partial charge on any atom is -0.0622 e. The molecule has 0 aliphatic carbocycles. The van der Waals surface area contributed by atoms with Crippen LogP contribution in [0.4, 0.5) is 0 Å². The first-order valence-corrected chi connectivity index (χ1v) is 16.5. The van der Waals surface area contributed by atoms with Gasteiger partial charge in [0.25, 0.3) is 0 Å². The molecular formula is C40H51P. The van der Waals surface area contributed by atoms with E-state index in [1.807, 2.05) is 0 Å². The molecule has 0 N–H and O–H groups in total. The lowest BCUT2D eigenvalue weighted by atomic mass is 9.80. The van der Waals surface area contributed by atoms with Crippen molar-refractivity contribution < 1.29 is 0 Å². The molecule has 41 heavy (non-hydrogen) atoms. The van der Waals surface area contributed by atoms with E-state index in [0.717, 1.165) is 0 Å². The molecule has 4 rings (SSSR count). The van der Waals surface area contributed by atoms with E-state index >= 15 is 0 Å². The van der Waals surface area contributed by atoms with E-state index in [2.05, 4.69) is 174 Å². The van der Waals surface area contributed by atoms with Gasteiger partial charge in [0.05, 0.1) is 0 Å². The summed E-state index contributed by atoms with van der Waals surface area (Å²) in [5.74, 6) is 0. The normalized spacial score (nSPS) is 13.1. The first kappa shape index (κ1) is 31.3. The molecule has 0 unspecified atom stereocenters. The molecule has 0 aliphatic rings. The molecule has 0 amide bonds. The van der Waals surface area contributed by atoms with Gasteiger partial charge < -0.3 is 0 Å². The van der Waals surface area contributed by atoms with E-state index < -0.39 is 7.92 Å². The molecule has 0 bridgehead atoms. The first-order valence-electron chi connectivity index (χ1n) is 15.1. The predicted molar refractivity (Wildman–Crippen MR) is 185 cm³/mol. The Labute approximate surface area is 252 Å². The topological polar surface area (TPSA) is 0 Å². The quantitative estimate of drug-likeness (QED) is 0.217. The Morgan fingerprint density at radius 2 is 0.780 bits per heavy atom. The highest BCUT2D eigenvalue weighted by molar-refractivity contribution is 7.80. The van der Waals surface area contributed by atoms with Crippen molar-refractivity contribution in [1.29, 1.82) is 0 Å². The summed E-state index contributed by atoms with van der Waals surface area (Å²) in [6.07, 6.45) is 0. The molecule has 1 heteroatoms. The van der Waals surface area contributed by atoms with Gasteiger partial charge in [0.15, 0.2) is 0 Å². The van der Waals surface area contributed by atoms with Crippen molar-refractivity contribution in [2.75, 3.05) is 0 Å². The van der Waals surface area contributed by atoms with Crippen LogP contribution >= 0.6 is 7.92 Å². The summed E-state index contributed by atoms with van der Waals surface area (Å²) in [4.78, 5) is 0. The first-order chi connectivity index (χ1) is 18.9. The molecule has 0 spiro atoms. The second kappa shape index (κ2) is 11.2. The van der Waals surface area contributed by atoms with Crippen LogP contribution in [-0.4, -0.2) is 0 Å². The van der Waals surface area contributed by atoms with Crippen molar-refractivity contribution in [3.05, 3.63) is 113 Å². The minimum atomic E-state index is -0.794. The third-order valence-corrected chi connectivity index (χ3v) is 10.6. The Bertz CT molecular complexity index is 1400. The zero-order valence-corrected chi connectivity index (χ0v) is 28.5. The predicted octanol–water partition coefficient (Wildman–Crippen LogP) is 10.3. The van der Waals surface area contributed by atoms with Gasteiger partial charge >= 0.3 is 0 Å². The highest BCUT2D eigenvalue weighted by Crippen LogP contribution is 2.43. The number of hydrogen-bond acceptors (Lipinski definition) is 0. The van der Waals surface area contributed by atoms with Crippen molar-refractivity contribution in [1.82, 2.24) is 0 Å². The monoisotopic (exact) mass is 562 g/mol. The summed E-state index contributed by atoms with van der Waals surface area (Å²) >= 11 is 0. The summed E-state index contributed by atoms with van der Waals surface area (Å²) in [6.45, 7) is 28.2. The van der Waals surface area contributed by atoms with Gasteiger partial charge in [0.2, 0.25) is 0 Å². The smallest absolute Gasteiger partial charge is 0.0113 e. The fourth-order valence-corrected chi connectivity index (χ4v) is 8.43. The second-order valence-corrected chi connectivity index (χ2v) is 17.9. The van der Waals surface area contributed by atoms with E-state index in [9.17, 15) is 0 Å². The molecule has 0 aliphatic heterocycles. The molecule has 4 aromatic rings. The van der Waals surface area contributed by atoms with Crippen LogP contribution in [-0.2, 0) is 21.7 Å². The van der Waals surface area contributed by atoms with Gasteiger partial charge in [-0.05, 0) is 78.9 Å². The highest BCUT2D eigenvalue weighted by Gasteiger charge is 2.31. The summed E-state index contributed by atoms with van der Waals surface area (Å²) in [6, 6.07) is 34.8. The Kier molecular flexibility index (Phi) is 8.53. The molecule has 0 atom stereocenters. The maximum absolute atomic E-state index is 2.50. The van der Waals surface area contributed by atoms with E-state index in [0.29, 0.717) is 0 Å². The fourth-order valence-electron chi connectivity index (χ4n) is 5.44. The van der Waals surface area contributed by atoms with Crippen molar-refractivity contribution in [2.45, 2.75) is 105 Å². The molecule has 0 fully saturated rings. The van der Waals surface area contributed by atoms with Gasteiger partial charge in [0, 0.05) is 0 Å². The lowest BCUT2D eigenvalue weighted by molar-refractivity contribution is 0.571. The lowest BCUT2D eigenvalue weighted by Gasteiger charge is -2.34.